The van der Waals surface area contributed by atoms with Gasteiger partial charge in [-0.1, -0.05) is 6.07 Å². The molecule has 0 saturated heterocycles. The van der Waals surface area contributed by atoms with Crippen molar-refractivity contribution >= 4 is 16.6 Å². The van der Waals surface area contributed by atoms with Crippen LogP contribution < -0.4 is 16.3 Å². The summed E-state index contributed by atoms with van der Waals surface area (Å²) in [6.07, 6.45) is -6.95. The Morgan fingerprint density at radius 1 is 1.05 bits per heavy atom. The van der Waals surface area contributed by atoms with Crippen molar-refractivity contribution in [2.24, 2.45) is 11.6 Å². The third kappa shape index (κ3) is 6.70. The number of hydrogen-bond donors (Lipinski definition) is 3. The highest BCUT2D eigenvalue weighted by Gasteiger charge is 2.44. The topological polar surface area (TPSA) is 111 Å². The third-order valence-electron chi connectivity index (χ3n) is 6.84. The molecule has 0 aliphatic heterocycles. The van der Waals surface area contributed by atoms with Gasteiger partial charge >= 0.3 is 6.18 Å². The summed E-state index contributed by atoms with van der Waals surface area (Å²) in [7, 11) is 1.30. The van der Waals surface area contributed by atoms with Crippen LogP contribution in [0.1, 0.15) is 36.6 Å². The van der Waals surface area contributed by atoms with E-state index in [0.717, 1.165) is 44.2 Å². The van der Waals surface area contributed by atoms with Crippen molar-refractivity contribution < 1.29 is 40.6 Å². The maximum absolute atomic E-state index is 15.5. The van der Waals surface area contributed by atoms with Crippen LogP contribution in [-0.4, -0.2) is 46.3 Å². The second-order valence-corrected chi connectivity index (χ2v) is 10.4. The smallest absolute Gasteiger partial charge is 0.399 e. The number of hydrazine groups is 1. The molecule has 5 N–H and O–H groups in total. The molecule has 7 nitrogen and oxygen atoms in total. The Hall–Kier alpha value is -4.43. The Kier molecular flexibility index (Phi) is 9.07. The summed E-state index contributed by atoms with van der Waals surface area (Å²) in [4.78, 5) is 8.09. The van der Waals surface area contributed by atoms with Crippen LogP contribution in [0.3, 0.4) is 0 Å². The number of ether oxygens (including phenoxy) is 1. The Bertz CT molecular complexity index is 1690. The second kappa shape index (κ2) is 12.3. The highest BCUT2D eigenvalue weighted by atomic mass is 19.4. The van der Waals surface area contributed by atoms with Gasteiger partial charge in [0.25, 0.3) is 6.43 Å². The molecule has 0 bridgehead atoms. The van der Waals surface area contributed by atoms with E-state index in [-0.39, 0.29) is 16.9 Å². The van der Waals surface area contributed by atoms with Crippen molar-refractivity contribution in [3.63, 3.8) is 0 Å². The molecule has 234 valence electrons. The first-order chi connectivity index (χ1) is 20.5. The van der Waals surface area contributed by atoms with Crippen LogP contribution in [0.5, 0.6) is 5.75 Å². The molecule has 0 saturated carbocycles. The van der Waals surface area contributed by atoms with E-state index < -0.39 is 70.6 Å². The van der Waals surface area contributed by atoms with Crippen molar-refractivity contribution in [1.82, 2.24) is 15.0 Å². The number of hydrogen-bond acceptors (Lipinski definition) is 7. The van der Waals surface area contributed by atoms with Gasteiger partial charge in [-0.05, 0) is 62.4 Å². The Labute approximate surface area is 247 Å². The number of benzene rings is 2. The summed E-state index contributed by atoms with van der Waals surface area (Å²) >= 11 is 0. The monoisotopic (exact) mass is 623 g/mol. The lowest BCUT2D eigenvalue weighted by molar-refractivity contribution is -0.154. The lowest BCUT2D eigenvalue weighted by atomic mass is 9.92. The average Bonchev–Trinajstić information content (AvgIpc) is 2.95. The van der Waals surface area contributed by atoms with Gasteiger partial charge < -0.3 is 20.6 Å². The van der Waals surface area contributed by atoms with Gasteiger partial charge in [0.05, 0.1) is 30.6 Å². The molecule has 4 aromatic rings. The maximum atomic E-state index is 15.5. The van der Waals surface area contributed by atoms with Crippen molar-refractivity contribution in [3.05, 3.63) is 94.9 Å². The van der Waals surface area contributed by atoms with Crippen LogP contribution in [0.15, 0.2) is 66.5 Å². The van der Waals surface area contributed by atoms with E-state index in [9.17, 15) is 31.4 Å². The van der Waals surface area contributed by atoms with E-state index in [1.165, 1.54) is 25.4 Å². The van der Waals surface area contributed by atoms with Crippen molar-refractivity contribution in [2.75, 3.05) is 13.7 Å². The van der Waals surface area contributed by atoms with Gasteiger partial charge in [-0.3, -0.25) is 4.98 Å². The fourth-order valence-electron chi connectivity index (χ4n) is 4.68. The van der Waals surface area contributed by atoms with Gasteiger partial charge in [0.1, 0.15) is 34.4 Å². The first-order valence-corrected chi connectivity index (χ1v) is 13.0. The molecule has 1 unspecified atom stereocenters. The van der Waals surface area contributed by atoms with E-state index in [4.69, 9.17) is 16.3 Å². The zero-order chi connectivity index (χ0) is 32.6. The van der Waals surface area contributed by atoms with Gasteiger partial charge in [0.2, 0.25) is 0 Å². The average molecular weight is 624 g/mol. The number of rotatable bonds is 9. The number of nitrogens with two attached hydrogens (primary N) is 2. The normalized spacial score (nSPS) is 13.7. The highest BCUT2D eigenvalue weighted by molar-refractivity contribution is 5.88. The van der Waals surface area contributed by atoms with E-state index in [0.29, 0.717) is 15.9 Å². The first-order valence-electron chi connectivity index (χ1n) is 13.0. The molecular formula is C30H28F7N5O2. The molecule has 2 heterocycles. The Morgan fingerprint density at radius 3 is 2.27 bits per heavy atom. The van der Waals surface area contributed by atoms with E-state index in [1.54, 1.807) is 12.1 Å². The zero-order valence-electron chi connectivity index (χ0n) is 23.6. The van der Waals surface area contributed by atoms with Crippen LogP contribution in [0.4, 0.5) is 30.7 Å². The Morgan fingerprint density at radius 2 is 1.70 bits per heavy atom. The number of aromatic nitrogens is 2. The number of aliphatic hydroxyl groups is 1. The summed E-state index contributed by atoms with van der Waals surface area (Å²) in [6, 6.07) is 10.7. The molecular weight excluding hydrogens is 595 g/mol. The number of allylic oxidation sites excluding steroid dienone is 1. The minimum Gasteiger partial charge on any atom is -0.494 e. The molecule has 1 atom stereocenters. The number of halogens is 7. The molecule has 44 heavy (non-hydrogen) atoms. The largest absolute Gasteiger partial charge is 0.494 e. The van der Waals surface area contributed by atoms with Gasteiger partial charge in [-0.2, -0.15) is 13.2 Å². The fraction of sp³-hybridized carbons (Fsp3) is 0.267. The summed E-state index contributed by atoms with van der Waals surface area (Å²) in [5, 5.41) is 11.4. The molecule has 14 heteroatoms. The fourth-order valence-corrected chi connectivity index (χ4v) is 4.68. The molecule has 2 aromatic carbocycles. The van der Waals surface area contributed by atoms with Crippen LogP contribution >= 0.6 is 0 Å². The molecule has 0 amide bonds. The summed E-state index contributed by atoms with van der Waals surface area (Å²) < 4.78 is 106. The van der Waals surface area contributed by atoms with Crippen LogP contribution in [0.2, 0.25) is 0 Å². The summed E-state index contributed by atoms with van der Waals surface area (Å²) in [6.45, 7) is 1.12. The Balaban J connectivity index is 1.89. The molecule has 0 radical (unpaired) electrons. The predicted octanol–water partition coefficient (Wildman–Crippen LogP) is 6.23. The minimum atomic E-state index is -5.10. The molecule has 0 aliphatic rings. The molecule has 2 aromatic heterocycles. The van der Waals surface area contributed by atoms with Crippen molar-refractivity contribution in [1.29, 1.82) is 0 Å². The van der Waals surface area contributed by atoms with E-state index >= 15 is 4.39 Å². The van der Waals surface area contributed by atoms with Gasteiger partial charge in [0, 0.05) is 28.3 Å². The maximum Gasteiger partial charge on any atom is 0.399 e. The first kappa shape index (κ1) is 32.5. The predicted molar refractivity (Wildman–Crippen MR) is 150 cm³/mol. The molecule has 4 rings (SSSR count). The summed E-state index contributed by atoms with van der Waals surface area (Å²) in [5.41, 5.74) is 0.295. The third-order valence-corrected chi connectivity index (χ3v) is 6.84. The van der Waals surface area contributed by atoms with Crippen LogP contribution in [0.25, 0.3) is 27.9 Å². The number of nitrogens with zero attached hydrogens (tertiary/aromatic N) is 3. The lowest BCUT2D eigenvalue weighted by Gasteiger charge is -2.31. The van der Waals surface area contributed by atoms with Gasteiger partial charge in [-0.25, -0.2) is 28.4 Å². The quantitative estimate of drug-likeness (QED) is 0.115. The van der Waals surface area contributed by atoms with Gasteiger partial charge in [-0.15, -0.1) is 0 Å². The number of fused-ring (bicyclic) bond motifs is 1. The molecule has 0 fully saturated rings. The van der Waals surface area contributed by atoms with Crippen LogP contribution in [0, 0.1) is 11.6 Å². The molecule has 0 aliphatic carbocycles. The summed E-state index contributed by atoms with van der Waals surface area (Å²) in [5.74, 6) is 1.80. The molecule has 0 spiro atoms. The SMILES string of the molecule is COc1cc(/C(=C(/N)C(F)F)N(N)CC(c2cc(C(C)(C)O)c(F)c(-c3ccc(F)cc3)n2)C(F)(F)F)cc2cccnc12. The van der Waals surface area contributed by atoms with E-state index in [2.05, 4.69) is 9.97 Å². The standard InChI is InChI=1S/C30H28F7N5O2/c1-29(2,43)19-13-21(41-26(23(19)32)15-6-8-18(31)9-7-15)20(30(35,36)37)14-42(39)27(24(38)28(33)34)17-11-16-5-4-10-40-25(16)22(12-17)44-3/h4-13,20,28,43H,14,38-39H2,1-3H3/b27-24-. The number of methoxy groups -OCH3 is 1. The van der Waals surface area contributed by atoms with E-state index in [1.807, 2.05) is 0 Å². The minimum absolute atomic E-state index is 0.0684. The zero-order valence-corrected chi connectivity index (χ0v) is 23.6. The second-order valence-electron chi connectivity index (χ2n) is 10.4. The lowest BCUT2D eigenvalue weighted by Crippen LogP contribution is -2.40. The van der Waals surface area contributed by atoms with Crippen LogP contribution in [-0.2, 0) is 5.60 Å². The van der Waals surface area contributed by atoms with Crippen molar-refractivity contribution in [2.45, 2.75) is 38.0 Å². The number of alkyl halides is 5. The van der Waals surface area contributed by atoms with Crippen molar-refractivity contribution in [3.8, 4) is 17.0 Å². The highest BCUT2D eigenvalue weighted by Crippen LogP contribution is 2.40. The number of pyridine rings is 2. The van der Waals surface area contributed by atoms with Gasteiger partial charge in [0.15, 0.2) is 5.82 Å².